The van der Waals surface area contributed by atoms with Gasteiger partial charge in [0.25, 0.3) is 0 Å². The van der Waals surface area contributed by atoms with E-state index in [2.05, 4.69) is 53.6 Å². The monoisotopic (exact) mass is 404 g/mol. The first-order chi connectivity index (χ1) is 13.4. The second-order valence-corrected chi connectivity index (χ2v) is 7.67. The Bertz CT molecular complexity index is 787. The third-order valence-electron chi connectivity index (χ3n) is 4.25. The van der Waals surface area contributed by atoms with Crippen LogP contribution in [0, 0.1) is 0 Å². The van der Waals surface area contributed by atoms with Crippen molar-refractivity contribution >= 4 is 23.6 Å². The molecule has 0 aliphatic heterocycles. The summed E-state index contributed by atoms with van der Waals surface area (Å²) in [6.45, 7) is 7.02. The SMILES string of the molecule is CCOC(=O)Cc1nnc(SCC(=O)NCCc2ccc(C(C)C)cc2)n1C. The predicted octanol–water partition coefficient (Wildman–Crippen LogP) is 2.50. The van der Waals surface area contributed by atoms with Crippen LogP contribution in [0.4, 0.5) is 0 Å². The highest BCUT2D eigenvalue weighted by Crippen LogP contribution is 2.16. The molecule has 152 valence electrons. The number of thioether (sulfide) groups is 1. The summed E-state index contributed by atoms with van der Waals surface area (Å²) in [5, 5.41) is 11.6. The number of nitrogens with one attached hydrogen (secondary N) is 1. The number of hydrogen-bond donors (Lipinski definition) is 1. The summed E-state index contributed by atoms with van der Waals surface area (Å²) in [7, 11) is 1.77. The Hall–Kier alpha value is -2.35. The molecule has 1 N–H and O–H groups in total. The van der Waals surface area contributed by atoms with Gasteiger partial charge < -0.3 is 14.6 Å². The van der Waals surface area contributed by atoms with Crippen LogP contribution in [0.1, 0.15) is 43.6 Å². The molecule has 28 heavy (non-hydrogen) atoms. The third kappa shape index (κ3) is 6.67. The molecule has 2 aromatic rings. The maximum atomic E-state index is 12.1. The van der Waals surface area contributed by atoms with E-state index < -0.39 is 0 Å². The number of amides is 1. The molecule has 0 unspecified atom stereocenters. The first kappa shape index (κ1) is 21.9. The van der Waals surface area contributed by atoms with Crippen LogP contribution >= 0.6 is 11.8 Å². The maximum absolute atomic E-state index is 12.1. The largest absolute Gasteiger partial charge is 0.466 e. The molecule has 0 saturated heterocycles. The van der Waals surface area contributed by atoms with Crippen molar-refractivity contribution < 1.29 is 14.3 Å². The van der Waals surface area contributed by atoms with Gasteiger partial charge in [-0.1, -0.05) is 49.9 Å². The Morgan fingerprint density at radius 2 is 1.93 bits per heavy atom. The molecule has 7 nitrogen and oxygen atoms in total. The van der Waals surface area contributed by atoms with E-state index in [1.54, 1.807) is 18.5 Å². The summed E-state index contributed by atoms with van der Waals surface area (Å²) >= 11 is 1.29. The number of nitrogens with zero attached hydrogens (tertiary/aromatic N) is 3. The van der Waals surface area contributed by atoms with Crippen LogP contribution in [0.15, 0.2) is 29.4 Å². The van der Waals surface area contributed by atoms with Crippen molar-refractivity contribution in [1.82, 2.24) is 20.1 Å². The molecule has 0 saturated carbocycles. The van der Waals surface area contributed by atoms with Crippen molar-refractivity contribution in [2.45, 2.75) is 44.7 Å². The summed E-state index contributed by atoms with van der Waals surface area (Å²) in [5.74, 6) is 0.889. The van der Waals surface area contributed by atoms with E-state index in [1.807, 2.05) is 0 Å². The zero-order chi connectivity index (χ0) is 20.5. The molecular formula is C20H28N4O3S. The molecule has 0 fully saturated rings. The quantitative estimate of drug-likeness (QED) is 0.484. The van der Waals surface area contributed by atoms with Crippen LogP contribution in [-0.4, -0.2) is 45.5 Å². The van der Waals surface area contributed by atoms with E-state index in [1.165, 1.54) is 22.9 Å². The maximum Gasteiger partial charge on any atom is 0.313 e. The van der Waals surface area contributed by atoms with Crippen LogP contribution in [0.2, 0.25) is 0 Å². The Morgan fingerprint density at radius 3 is 2.57 bits per heavy atom. The molecule has 1 aromatic carbocycles. The van der Waals surface area contributed by atoms with Gasteiger partial charge in [-0.05, 0) is 30.4 Å². The van der Waals surface area contributed by atoms with Gasteiger partial charge in [-0.2, -0.15) is 0 Å². The number of rotatable bonds is 10. The molecule has 1 amide bonds. The van der Waals surface area contributed by atoms with E-state index >= 15 is 0 Å². The molecule has 0 spiro atoms. The van der Waals surface area contributed by atoms with E-state index in [0.29, 0.717) is 30.1 Å². The highest BCUT2D eigenvalue weighted by atomic mass is 32.2. The van der Waals surface area contributed by atoms with Crippen LogP contribution in [0.5, 0.6) is 0 Å². The fourth-order valence-corrected chi connectivity index (χ4v) is 3.32. The van der Waals surface area contributed by atoms with Gasteiger partial charge in [0.05, 0.1) is 12.4 Å². The number of esters is 1. The lowest BCUT2D eigenvalue weighted by Crippen LogP contribution is -2.27. The Kier molecular flexibility index (Phi) is 8.50. The molecule has 1 heterocycles. The number of aromatic nitrogens is 3. The van der Waals surface area contributed by atoms with Gasteiger partial charge in [0.2, 0.25) is 5.91 Å². The van der Waals surface area contributed by atoms with Gasteiger partial charge >= 0.3 is 5.97 Å². The number of carbonyl (C=O) groups is 2. The smallest absolute Gasteiger partial charge is 0.313 e. The Labute approximate surface area is 170 Å². The summed E-state index contributed by atoms with van der Waals surface area (Å²) in [6.07, 6.45) is 0.863. The first-order valence-corrected chi connectivity index (χ1v) is 10.4. The highest BCUT2D eigenvalue weighted by molar-refractivity contribution is 7.99. The van der Waals surface area contributed by atoms with Gasteiger partial charge in [0, 0.05) is 13.6 Å². The number of benzene rings is 1. The minimum absolute atomic E-state index is 0.0567. The molecule has 0 atom stereocenters. The molecule has 0 bridgehead atoms. The summed E-state index contributed by atoms with van der Waals surface area (Å²) in [5.41, 5.74) is 2.52. The van der Waals surface area contributed by atoms with E-state index in [0.717, 1.165) is 6.42 Å². The highest BCUT2D eigenvalue weighted by Gasteiger charge is 2.14. The molecule has 0 aliphatic carbocycles. The molecular weight excluding hydrogens is 376 g/mol. The third-order valence-corrected chi connectivity index (χ3v) is 5.27. The summed E-state index contributed by atoms with van der Waals surface area (Å²) in [6, 6.07) is 8.50. The minimum atomic E-state index is -0.339. The van der Waals surface area contributed by atoms with Crippen LogP contribution in [0.3, 0.4) is 0 Å². The number of ether oxygens (including phenoxy) is 1. The van der Waals surface area contributed by atoms with E-state index in [-0.39, 0.29) is 24.1 Å². The zero-order valence-corrected chi connectivity index (χ0v) is 17.7. The number of hydrogen-bond acceptors (Lipinski definition) is 6. The fraction of sp³-hybridized carbons (Fsp3) is 0.500. The molecule has 0 radical (unpaired) electrons. The van der Waals surface area contributed by atoms with E-state index in [9.17, 15) is 9.59 Å². The van der Waals surface area contributed by atoms with Gasteiger partial charge in [-0.15, -0.1) is 10.2 Å². The Morgan fingerprint density at radius 1 is 1.21 bits per heavy atom. The van der Waals surface area contributed by atoms with Gasteiger partial charge in [0.1, 0.15) is 12.2 Å². The Balaban J connectivity index is 1.73. The predicted molar refractivity (Wildman–Crippen MR) is 109 cm³/mol. The second-order valence-electron chi connectivity index (χ2n) is 6.72. The van der Waals surface area contributed by atoms with Gasteiger partial charge in [-0.25, -0.2) is 0 Å². The lowest BCUT2D eigenvalue weighted by atomic mass is 10.0. The first-order valence-electron chi connectivity index (χ1n) is 9.43. The minimum Gasteiger partial charge on any atom is -0.466 e. The number of carbonyl (C=O) groups excluding carboxylic acids is 2. The van der Waals surface area contributed by atoms with Gasteiger partial charge in [0.15, 0.2) is 5.16 Å². The summed E-state index contributed by atoms with van der Waals surface area (Å²) < 4.78 is 6.63. The van der Waals surface area contributed by atoms with Crippen molar-refractivity contribution in [3.63, 3.8) is 0 Å². The van der Waals surface area contributed by atoms with E-state index in [4.69, 9.17) is 4.74 Å². The average Bonchev–Trinajstić information content (AvgIpc) is 3.00. The van der Waals surface area contributed by atoms with Crippen LogP contribution in [-0.2, 0) is 34.2 Å². The van der Waals surface area contributed by atoms with Crippen molar-refractivity contribution in [2.75, 3.05) is 18.9 Å². The average molecular weight is 405 g/mol. The molecule has 8 heteroatoms. The van der Waals surface area contributed by atoms with Gasteiger partial charge in [-0.3, -0.25) is 9.59 Å². The molecule has 2 rings (SSSR count). The summed E-state index contributed by atoms with van der Waals surface area (Å²) in [4.78, 5) is 23.6. The lowest BCUT2D eigenvalue weighted by Gasteiger charge is -2.08. The normalized spacial score (nSPS) is 10.9. The topological polar surface area (TPSA) is 86.1 Å². The fourth-order valence-electron chi connectivity index (χ4n) is 2.56. The van der Waals surface area contributed by atoms with Crippen molar-refractivity contribution in [3.05, 3.63) is 41.2 Å². The molecule has 1 aromatic heterocycles. The molecule has 0 aliphatic rings. The van der Waals surface area contributed by atoms with Crippen molar-refractivity contribution in [2.24, 2.45) is 7.05 Å². The van der Waals surface area contributed by atoms with Crippen LogP contribution < -0.4 is 5.32 Å². The standard InChI is InChI=1S/C20H28N4O3S/c1-5-27-19(26)12-17-22-23-20(24(17)4)28-13-18(25)21-11-10-15-6-8-16(9-7-15)14(2)3/h6-9,14H,5,10-13H2,1-4H3,(H,21,25). The van der Waals surface area contributed by atoms with Crippen LogP contribution in [0.25, 0.3) is 0 Å². The lowest BCUT2D eigenvalue weighted by molar-refractivity contribution is -0.142. The van der Waals surface area contributed by atoms with Crippen molar-refractivity contribution in [3.8, 4) is 0 Å². The second kappa shape index (κ2) is 10.8. The van der Waals surface area contributed by atoms with Crippen molar-refractivity contribution in [1.29, 1.82) is 0 Å². The zero-order valence-electron chi connectivity index (χ0n) is 16.9.